The third-order valence-corrected chi connectivity index (χ3v) is 2.79. The molecule has 0 saturated carbocycles. The maximum absolute atomic E-state index is 13.3. The molecule has 0 saturated heterocycles. The van der Waals surface area contributed by atoms with Crippen LogP contribution in [0.4, 0.5) is 10.2 Å². The van der Waals surface area contributed by atoms with E-state index in [0.717, 1.165) is 5.56 Å². The van der Waals surface area contributed by atoms with Gasteiger partial charge in [-0.15, -0.1) is 0 Å². The zero-order chi connectivity index (χ0) is 15.2. The van der Waals surface area contributed by atoms with Gasteiger partial charge in [-0.25, -0.2) is 9.37 Å². The van der Waals surface area contributed by atoms with E-state index in [4.69, 9.17) is 5.73 Å². The van der Waals surface area contributed by atoms with Gasteiger partial charge in [0.25, 0.3) is 5.91 Å². The monoisotopic (exact) mass is 283 g/mol. The van der Waals surface area contributed by atoms with Crippen LogP contribution in [0.2, 0.25) is 0 Å². The standard InChI is InChI=1S/C16H14FN3O/c1-11-4-3-9-19-15(11)20-16(21)14-7-6-13(17)10-12(14)5-2-8-18/h3-4,6-7,9-10H,8,18H2,1H3,(H,19,20,21). The highest BCUT2D eigenvalue weighted by Gasteiger charge is 2.13. The van der Waals surface area contributed by atoms with Crippen molar-refractivity contribution in [2.45, 2.75) is 6.92 Å². The number of aryl methyl sites for hydroxylation is 1. The molecule has 21 heavy (non-hydrogen) atoms. The van der Waals surface area contributed by atoms with Gasteiger partial charge in [0.1, 0.15) is 11.6 Å². The van der Waals surface area contributed by atoms with Crippen LogP contribution in [0.25, 0.3) is 0 Å². The van der Waals surface area contributed by atoms with Crippen molar-refractivity contribution >= 4 is 11.7 Å². The van der Waals surface area contributed by atoms with Crippen molar-refractivity contribution in [2.24, 2.45) is 5.73 Å². The number of benzene rings is 1. The number of carbonyl (C=O) groups excluding carboxylic acids is 1. The number of carbonyl (C=O) groups is 1. The molecule has 2 rings (SSSR count). The van der Waals surface area contributed by atoms with Crippen LogP contribution in [0.5, 0.6) is 0 Å². The minimum atomic E-state index is -0.457. The quantitative estimate of drug-likeness (QED) is 0.829. The van der Waals surface area contributed by atoms with E-state index < -0.39 is 11.7 Å². The number of hydrogen-bond acceptors (Lipinski definition) is 3. The Hall–Kier alpha value is -2.71. The lowest BCUT2D eigenvalue weighted by molar-refractivity contribution is 0.102. The van der Waals surface area contributed by atoms with E-state index >= 15 is 0 Å². The maximum Gasteiger partial charge on any atom is 0.258 e. The summed E-state index contributed by atoms with van der Waals surface area (Å²) < 4.78 is 13.3. The summed E-state index contributed by atoms with van der Waals surface area (Å²) >= 11 is 0. The number of halogens is 1. The Kier molecular flexibility index (Phi) is 4.64. The largest absolute Gasteiger partial charge is 0.320 e. The molecule has 2 aromatic rings. The van der Waals surface area contributed by atoms with Gasteiger partial charge in [0.15, 0.2) is 0 Å². The Morgan fingerprint density at radius 3 is 2.95 bits per heavy atom. The van der Waals surface area contributed by atoms with E-state index in [0.29, 0.717) is 11.4 Å². The van der Waals surface area contributed by atoms with Crippen molar-refractivity contribution in [1.29, 1.82) is 0 Å². The molecule has 0 atom stereocenters. The van der Waals surface area contributed by atoms with Crippen LogP contribution in [0, 0.1) is 24.6 Å². The lowest BCUT2D eigenvalue weighted by Crippen LogP contribution is -2.15. The number of nitrogens with two attached hydrogens (primary N) is 1. The van der Waals surface area contributed by atoms with Gasteiger partial charge in [0, 0.05) is 11.8 Å². The highest BCUT2D eigenvalue weighted by molar-refractivity contribution is 6.05. The Morgan fingerprint density at radius 2 is 2.24 bits per heavy atom. The summed E-state index contributed by atoms with van der Waals surface area (Å²) in [6.07, 6.45) is 1.59. The molecule has 0 aliphatic heterocycles. The first-order chi connectivity index (χ1) is 10.1. The van der Waals surface area contributed by atoms with Crippen LogP contribution in [0.3, 0.4) is 0 Å². The SMILES string of the molecule is Cc1cccnc1NC(=O)c1ccc(F)cc1C#CCN. The molecule has 0 unspecified atom stereocenters. The summed E-state index contributed by atoms with van der Waals surface area (Å²) in [5.74, 6) is 4.93. The van der Waals surface area contributed by atoms with Crippen LogP contribution in [-0.2, 0) is 0 Å². The van der Waals surface area contributed by atoms with Gasteiger partial charge in [-0.05, 0) is 36.8 Å². The molecule has 1 amide bonds. The number of hydrogen-bond donors (Lipinski definition) is 2. The summed E-state index contributed by atoms with van der Waals surface area (Å²) in [6, 6.07) is 7.43. The van der Waals surface area contributed by atoms with Crippen LogP contribution in [0.1, 0.15) is 21.5 Å². The van der Waals surface area contributed by atoms with E-state index in [-0.39, 0.29) is 12.1 Å². The predicted octanol–water partition coefficient (Wildman–Crippen LogP) is 2.09. The molecule has 1 heterocycles. The molecule has 0 bridgehead atoms. The van der Waals surface area contributed by atoms with Crippen molar-refractivity contribution in [3.8, 4) is 11.8 Å². The number of aromatic nitrogens is 1. The third kappa shape index (κ3) is 3.65. The van der Waals surface area contributed by atoms with Gasteiger partial charge in [0.05, 0.1) is 12.1 Å². The van der Waals surface area contributed by atoms with E-state index in [1.54, 1.807) is 12.3 Å². The van der Waals surface area contributed by atoms with E-state index in [1.165, 1.54) is 18.2 Å². The zero-order valence-electron chi connectivity index (χ0n) is 11.5. The molecule has 0 fully saturated rings. The summed E-state index contributed by atoms with van der Waals surface area (Å²) in [5.41, 5.74) is 6.72. The molecule has 106 valence electrons. The highest BCUT2D eigenvalue weighted by atomic mass is 19.1. The molecule has 5 heteroatoms. The minimum absolute atomic E-state index is 0.136. The molecule has 0 spiro atoms. The fourth-order valence-electron chi connectivity index (χ4n) is 1.76. The van der Waals surface area contributed by atoms with Gasteiger partial charge in [-0.3, -0.25) is 4.79 Å². The fourth-order valence-corrected chi connectivity index (χ4v) is 1.76. The van der Waals surface area contributed by atoms with E-state index in [2.05, 4.69) is 22.1 Å². The molecule has 1 aromatic carbocycles. The smallest absolute Gasteiger partial charge is 0.258 e. The second kappa shape index (κ2) is 6.64. The Balaban J connectivity index is 2.33. The molecule has 1 aromatic heterocycles. The number of nitrogens with zero attached hydrogens (tertiary/aromatic N) is 1. The second-order valence-electron chi connectivity index (χ2n) is 4.32. The second-order valence-corrected chi connectivity index (χ2v) is 4.32. The normalized spacial score (nSPS) is 9.67. The highest BCUT2D eigenvalue weighted by Crippen LogP contribution is 2.15. The summed E-state index contributed by atoms with van der Waals surface area (Å²) in [4.78, 5) is 16.4. The van der Waals surface area contributed by atoms with Crippen molar-refractivity contribution in [2.75, 3.05) is 11.9 Å². The van der Waals surface area contributed by atoms with Gasteiger partial charge in [-0.1, -0.05) is 17.9 Å². The molecular weight excluding hydrogens is 269 g/mol. The third-order valence-electron chi connectivity index (χ3n) is 2.79. The molecular formula is C16H14FN3O. The summed E-state index contributed by atoms with van der Waals surface area (Å²) in [6.45, 7) is 1.97. The minimum Gasteiger partial charge on any atom is -0.320 e. The Morgan fingerprint density at radius 1 is 1.43 bits per heavy atom. The number of rotatable bonds is 2. The van der Waals surface area contributed by atoms with E-state index in [1.807, 2.05) is 13.0 Å². The topological polar surface area (TPSA) is 68.0 Å². The fraction of sp³-hybridized carbons (Fsp3) is 0.125. The van der Waals surface area contributed by atoms with Gasteiger partial charge in [-0.2, -0.15) is 0 Å². The maximum atomic E-state index is 13.3. The van der Waals surface area contributed by atoms with Crippen molar-refractivity contribution < 1.29 is 9.18 Å². The van der Waals surface area contributed by atoms with Gasteiger partial charge in [0.2, 0.25) is 0 Å². The average Bonchev–Trinajstić information content (AvgIpc) is 2.47. The Labute approximate surface area is 122 Å². The number of pyridine rings is 1. The van der Waals surface area contributed by atoms with Crippen LogP contribution < -0.4 is 11.1 Å². The summed E-state index contributed by atoms with van der Waals surface area (Å²) in [5, 5.41) is 2.69. The van der Waals surface area contributed by atoms with E-state index in [9.17, 15) is 9.18 Å². The number of amides is 1. The van der Waals surface area contributed by atoms with Crippen LogP contribution in [0.15, 0.2) is 36.5 Å². The van der Waals surface area contributed by atoms with Crippen molar-refractivity contribution in [3.63, 3.8) is 0 Å². The predicted molar refractivity (Wildman–Crippen MR) is 79.3 cm³/mol. The van der Waals surface area contributed by atoms with Gasteiger partial charge < -0.3 is 11.1 Å². The van der Waals surface area contributed by atoms with Crippen molar-refractivity contribution in [1.82, 2.24) is 4.98 Å². The first-order valence-electron chi connectivity index (χ1n) is 6.33. The summed E-state index contributed by atoms with van der Waals surface area (Å²) in [7, 11) is 0. The first kappa shape index (κ1) is 14.7. The number of anilines is 1. The molecule has 0 aliphatic carbocycles. The lowest BCUT2D eigenvalue weighted by Gasteiger charge is -2.08. The lowest BCUT2D eigenvalue weighted by atomic mass is 10.1. The zero-order valence-corrected chi connectivity index (χ0v) is 11.5. The Bertz CT molecular complexity index is 732. The average molecular weight is 283 g/mol. The number of nitrogens with one attached hydrogen (secondary N) is 1. The van der Waals surface area contributed by atoms with Gasteiger partial charge >= 0.3 is 0 Å². The molecule has 4 nitrogen and oxygen atoms in total. The van der Waals surface area contributed by atoms with Crippen LogP contribution >= 0.6 is 0 Å². The van der Waals surface area contributed by atoms with Crippen molar-refractivity contribution in [3.05, 3.63) is 59.0 Å². The molecule has 0 aliphatic rings. The first-order valence-corrected chi connectivity index (χ1v) is 6.33. The molecule has 3 N–H and O–H groups in total. The van der Waals surface area contributed by atoms with Crippen LogP contribution in [-0.4, -0.2) is 17.4 Å². The molecule has 0 radical (unpaired) electrons.